The van der Waals surface area contributed by atoms with Gasteiger partial charge in [0.2, 0.25) is 5.95 Å². The molecule has 7 nitrogen and oxygen atoms in total. The van der Waals surface area contributed by atoms with Crippen molar-refractivity contribution in [1.29, 1.82) is 0 Å². The first-order valence-electron chi connectivity index (χ1n) is 7.29. The highest BCUT2D eigenvalue weighted by atomic mass is 19.3. The highest BCUT2D eigenvalue weighted by Gasteiger charge is 2.49. The Hall–Kier alpha value is -2.03. The molecule has 0 radical (unpaired) electrons. The van der Waals surface area contributed by atoms with Gasteiger partial charge in [0.05, 0.1) is 6.54 Å². The van der Waals surface area contributed by atoms with E-state index in [1.165, 1.54) is 12.3 Å². The highest BCUT2D eigenvalue weighted by molar-refractivity contribution is 5.86. The van der Waals surface area contributed by atoms with Gasteiger partial charge in [0, 0.05) is 6.20 Å². The number of piperidine rings is 1. The van der Waals surface area contributed by atoms with E-state index in [2.05, 4.69) is 15.3 Å². The Morgan fingerprint density at radius 2 is 2.22 bits per heavy atom. The molecule has 9 heteroatoms. The second-order valence-electron chi connectivity index (χ2n) is 6.37. The molecule has 0 bridgehead atoms. The van der Waals surface area contributed by atoms with Crippen LogP contribution in [0.15, 0.2) is 12.3 Å². The van der Waals surface area contributed by atoms with Crippen molar-refractivity contribution < 1.29 is 18.3 Å². The quantitative estimate of drug-likeness (QED) is 0.859. The predicted molar refractivity (Wildman–Crippen MR) is 81.4 cm³/mol. The van der Waals surface area contributed by atoms with Gasteiger partial charge >= 0.3 is 6.09 Å². The Morgan fingerprint density at radius 1 is 1.52 bits per heavy atom. The van der Waals surface area contributed by atoms with Gasteiger partial charge in [-0.15, -0.1) is 0 Å². The van der Waals surface area contributed by atoms with Gasteiger partial charge in [0.1, 0.15) is 17.5 Å². The fourth-order valence-corrected chi connectivity index (χ4v) is 2.28. The smallest absolute Gasteiger partial charge is 0.417 e. The summed E-state index contributed by atoms with van der Waals surface area (Å²) < 4.78 is 33.9. The van der Waals surface area contributed by atoms with Crippen molar-refractivity contribution in [2.24, 2.45) is 0 Å². The molecular formula is C14H21F2N5O2. The first-order valence-corrected chi connectivity index (χ1v) is 7.29. The molecular weight excluding hydrogens is 308 g/mol. The molecule has 1 aliphatic heterocycles. The van der Waals surface area contributed by atoms with E-state index in [-0.39, 0.29) is 18.2 Å². The highest BCUT2D eigenvalue weighted by Crippen LogP contribution is 2.31. The first kappa shape index (κ1) is 17.3. The lowest BCUT2D eigenvalue weighted by atomic mass is 10.0. The Kier molecular flexibility index (Phi) is 4.69. The number of hydrogen-bond donors (Lipinski definition) is 2. The predicted octanol–water partition coefficient (Wildman–Crippen LogP) is 1.80. The second-order valence-corrected chi connectivity index (χ2v) is 6.37. The minimum atomic E-state index is -3.14. The largest absolute Gasteiger partial charge is 0.443 e. The van der Waals surface area contributed by atoms with Crippen LogP contribution >= 0.6 is 0 Å². The summed E-state index contributed by atoms with van der Waals surface area (Å²) in [5.41, 5.74) is 4.76. The van der Waals surface area contributed by atoms with Gasteiger partial charge in [0.15, 0.2) is 0 Å². The molecule has 3 N–H and O–H groups in total. The number of nitrogens with zero attached hydrogens (tertiary/aromatic N) is 3. The standard InChI is InChI=1S/C14H21F2N5O2/c1-13(2,3)23-12(22)21(11-19-7-5-10(17)20-11)9-4-6-18-8-14(9,15)16/h5,7,9,18H,4,6,8H2,1-3H3,(H2,17,19,20). The zero-order valence-corrected chi connectivity index (χ0v) is 13.3. The Morgan fingerprint density at radius 3 is 2.78 bits per heavy atom. The number of carbonyl (C=O) groups is 1. The zero-order chi connectivity index (χ0) is 17.3. The van der Waals surface area contributed by atoms with Crippen molar-refractivity contribution in [2.75, 3.05) is 23.7 Å². The van der Waals surface area contributed by atoms with Crippen LogP contribution in [0.2, 0.25) is 0 Å². The molecule has 2 heterocycles. The van der Waals surface area contributed by atoms with Gasteiger partial charge in [-0.1, -0.05) is 0 Å². The Bertz CT molecular complexity index is 577. The minimum Gasteiger partial charge on any atom is -0.443 e. The molecule has 1 amide bonds. The van der Waals surface area contributed by atoms with E-state index in [9.17, 15) is 13.6 Å². The van der Waals surface area contributed by atoms with Crippen molar-refractivity contribution in [2.45, 2.75) is 44.8 Å². The van der Waals surface area contributed by atoms with Crippen molar-refractivity contribution in [3.63, 3.8) is 0 Å². The van der Waals surface area contributed by atoms with Crippen LogP contribution in [0.1, 0.15) is 27.2 Å². The number of anilines is 2. The number of nitrogen functional groups attached to an aromatic ring is 1. The van der Waals surface area contributed by atoms with E-state index in [4.69, 9.17) is 10.5 Å². The fourth-order valence-electron chi connectivity index (χ4n) is 2.28. The van der Waals surface area contributed by atoms with Crippen LogP contribution in [-0.4, -0.2) is 46.7 Å². The number of rotatable bonds is 2. The number of hydrogen-bond acceptors (Lipinski definition) is 6. The van der Waals surface area contributed by atoms with Gasteiger partial charge in [-0.25, -0.2) is 23.5 Å². The van der Waals surface area contributed by atoms with Crippen LogP contribution in [0.4, 0.5) is 25.3 Å². The summed E-state index contributed by atoms with van der Waals surface area (Å²) >= 11 is 0. The van der Waals surface area contributed by atoms with E-state index in [1.54, 1.807) is 20.8 Å². The summed E-state index contributed by atoms with van der Waals surface area (Å²) in [6, 6.07) is 0.0116. The van der Waals surface area contributed by atoms with Crippen LogP contribution in [0.25, 0.3) is 0 Å². The molecule has 128 valence electrons. The van der Waals surface area contributed by atoms with Crippen LogP contribution in [0.5, 0.6) is 0 Å². The number of aromatic nitrogens is 2. The molecule has 0 aromatic carbocycles. The van der Waals surface area contributed by atoms with Gasteiger partial charge in [0.25, 0.3) is 5.92 Å². The average molecular weight is 329 g/mol. The number of nitrogens with one attached hydrogen (secondary N) is 1. The van der Waals surface area contributed by atoms with Crippen LogP contribution < -0.4 is 16.0 Å². The lowest BCUT2D eigenvalue weighted by molar-refractivity contribution is -0.0441. The molecule has 1 saturated heterocycles. The number of nitrogens with two attached hydrogens (primary N) is 1. The Balaban J connectivity index is 2.40. The van der Waals surface area contributed by atoms with E-state index < -0.39 is 30.2 Å². The fraction of sp³-hybridized carbons (Fsp3) is 0.643. The number of ether oxygens (including phenoxy) is 1. The number of halogens is 2. The van der Waals surface area contributed by atoms with Gasteiger partial charge in [-0.3, -0.25) is 0 Å². The van der Waals surface area contributed by atoms with Gasteiger partial charge in [-0.2, -0.15) is 4.98 Å². The van der Waals surface area contributed by atoms with Crippen LogP contribution in [0.3, 0.4) is 0 Å². The third kappa shape index (κ3) is 4.25. The lowest BCUT2D eigenvalue weighted by Crippen LogP contribution is -2.60. The Labute approximate surface area is 133 Å². The summed E-state index contributed by atoms with van der Waals surface area (Å²) in [6.07, 6.45) is 0.438. The lowest BCUT2D eigenvalue weighted by Gasteiger charge is -2.39. The summed E-state index contributed by atoms with van der Waals surface area (Å²) in [4.78, 5) is 21.1. The van der Waals surface area contributed by atoms with E-state index >= 15 is 0 Å². The van der Waals surface area contributed by atoms with Crippen molar-refractivity contribution >= 4 is 17.9 Å². The molecule has 1 unspecified atom stereocenters. The number of amides is 1. The first-order chi connectivity index (χ1) is 10.6. The van der Waals surface area contributed by atoms with Gasteiger partial charge < -0.3 is 15.8 Å². The number of alkyl halides is 2. The number of carbonyl (C=O) groups excluding carboxylic acids is 1. The molecule has 1 aromatic heterocycles. The third-order valence-electron chi connectivity index (χ3n) is 3.22. The SMILES string of the molecule is CC(C)(C)OC(=O)N(c1nccc(N)n1)C1CCNCC1(F)F. The minimum absolute atomic E-state index is 0.0460. The summed E-state index contributed by atoms with van der Waals surface area (Å²) in [5, 5.41) is 2.62. The topological polar surface area (TPSA) is 93.4 Å². The maximum atomic E-state index is 14.3. The molecule has 1 atom stereocenters. The molecule has 1 fully saturated rings. The normalized spacial score (nSPS) is 20.8. The molecule has 23 heavy (non-hydrogen) atoms. The monoisotopic (exact) mass is 329 g/mol. The van der Waals surface area contributed by atoms with E-state index in [0.717, 1.165) is 4.90 Å². The average Bonchev–Trinajstić information content (AvgIpc) is 2.39. The zero-order valence-electron chi connectivity index (χ0n) is 13.3. The maximum absolute atomic E-state index is 14.3. The molecule has 1 aromatic rings. The van der Waals surface area contributed by atoms with Crippen molar-refractivity contribution in [3.05, 3.63) is 12.3 Å². The van der Waals surface area contributed by atoms with Crippen molar-refractivity contribution in [1.82, 2.24) is 15.3 Å². The van der Waals surface area contributed by atoms with Crippen molar-refractivity contribution in [3.8, 4) is 0 Å². The van der Waals surface area contributed by atoms with Crippen LogP contribution in [0, 0.1) is 0 Å². The second kappa shape index (κ2) is 6.23. The van der Waals surface area contributed by atoms with Crippen LogP contribution in [-0.2, 0) is 4.74 Å². The van der Waals surface area contributed by atoms with Gasteiger partial charge in [-0.05, 0) is 39.8 Å². The molecule has 0 spiro atoms. The van der Waals surface area contributed by atoms with E-state index in [0.29, 0.717) is 6.54 Å². The maximum Gasteiger partial charge on any atom is 0.417 e. The molecule has 2 rings (SSSR count). The molecule has 1 aliphatic rings. The summed E-state index contributed by atoms with van der Waals surface area (Å²) in [5.74, 6) is -3.24. The molecule has 0 aliphatic carbocycles. The summed E-state index contributed by atoms with van der Waals surface area (Å²) in [7, 11) is 0. The summed E-state index contributed by atoms with van der Waals surface area (Å²) in [6.45, 7) is 4.79. The third-order valence-corrected chi connectivity index (χ3v) is 3.22. The molecule has 0 saturated carbocycles. The van der Waals surface area contributed by atoms with E-state index in [1.807, 2.05) is 0 Å².